The molecule has 8 nitrogen and oxygen atoms in total. The zero-order chi connectivity index (χ0) is 24.5. The summed E-state index contributed by atoms with van der Waals surface area (Å²) < 4.78 is 27.6. The molecule has 2 saturated heterocycles. The third kappa shape index (κ3) is 4.81. The second-order valence-electron chi connectivity index (χ2n) is 9.83. The van der Waals surface area contributed by atoms with Crippen LogP contribution < -0.4 is 5.32 Å². The molecule has 3 atom stereocenters. The minimum absolute atomic E-state index is 0.0721. The van der Waals surface area contributed by atoms with Gasteiger partial charge in [0.25, 0.3) is 0 Å². The molecule has 4 rings (SSSR count). The first-order chi connectivity index (χ1) is 16.2. The molecule has 0 spiro atoms. The number of benzene rings is 1. The summed E-state index contributed by atoms with van der Waals surface area (Å²) in [7, 11) is -3.65. The maximum absolute atomic E-state index is 13.4. The summed E-state index contributed by atoms with van der Waals surface area (Å²) >= 11 is 0. The molecule has 0 radical (unpaired) electrons. The highest BCUT2D eigenvalue weighted by atomic mass is 32.2. The van der Waals surface area contributed by atoms with E-state index in [9.17, 15) is 22.8 Å². The first kappa shape index (κ1) is 24.6. The van der Waals surface area contributed by atoms with Gasteiger partial charge in [-0.15, -0.1) is 0 Å². The third-order valence-corrected chi connectivity index (χ3v) is 8.80. The van der Waals surface area contributed by atoms with Crippen LogP contribution in [0, 0.1) is 17.8 Å². The molecule has 1 aromatic carbocycles. The van der Waals surface area contributed by atoms with Crippen LogP contribution in [0.1, 0.15) is 52.4 Å². The Morgan fingerprint density at radius 2 is 1.65 bits per heavy atom. The molecule has 1 N–H and O–H groups in total. The molecular weight excluding hydrogens is 454 g/mol. The number of hydrogen-bond acceptors (Lipinski definition) is 5. The van der Waals surface area contributed by atoms with Gasteiger partial charge in [-0.05, 0) is 56.2 Å². The van der Waals surface area contributed by atoms with Crippen molar-refractivity contribution in [3.05, 3.63) is 36.4 Å². The van der Waals surface area contributed by atoms with E-state index in [1.165, 1.54) is 16.4 Å². The minimum Gasteiger partial charge on any atom is -0.324 e. The Balaban J connectivity index is 1.55. The highest BCUT2D eigenvalue weighted by Crippen LogP contribution is 2.37. The summed E-state index contributed by atoms with van der Waals surface area (Å²) in [5.41, 5.74) is 0.329. The second-order valence-corrected chi connectivity index (χ2v) is 11.8. The maximum atomic E-state index is 13.4. The molecule has 3 amide bonds. The van der Waals surface area contributed by atoms with Gasteiger partial charge >= 0.3 is 0 Å². The fraction of sp³-hybridized carbons (Fsp3) is 0.560. The van der Waals surface area contributed by atoms with E-state index in [-0.39, 0.29) is 22.6 Å². The Kier molecular flexibility index (Phi) is 7.23. The molecular formula is C25H33N3O5S. The maximum Gasteiger partial charge on any atom is 0.247 e. The van der Waals surface area contributed by atoms with Gasteiger partial charge in [-0.2, -0.15) is 4.31 Å². The van der Waals surface area contributed by atoms with E-state index in [4.69, 9.17) is 0 Å². The van der Waals surface area contributed by atoms with E-state index in [1.54, 1.807) is 12.1 Å². The quantitative estimate of drug-likeness (QED) is 0.470. The van der Waals surface area contributed by atoms with Crippen LogP contribution in [0.2, 0.25) is 0 Å². The molecule has 2 aliphatic heterocycles. The number of hydrogen-bond donors (Lipinski definition) is 1. The summed E-state index contributed by atoms with van der Waals surface area (Å²) in [4.78, 5) is 40.8. The summed E-state index contributed by atoms with van der Waals surface area (Å²) in [6.45, 7) is 4.86. The number of carbonyl (C=O) groups excluding carboxylic acids is 3. The summed E-state index contributed by atoms with van der Waals surface area (Å²) in [5.74, 6) is -1.79. The number of amides is 3. The predicted molar refractivity (Wildman–Crippen MR) is 128 cm³/mol. The van der Waals surface area contributed by atoms with E-state index in [1.807, 2.05) is 26.0 Å². The number of sulfonamides is 1. The summed E-state index contributed by atoms with van der Waals surface area (Å²) in [6, 6.07) is 5.25. The normalized spacial score (nSPS) is 24.4. The van der Waals surface area contributed by atoms with E-state index in [0.717, 1.165) is 24.2 Å². The number of anilines is 1. The lowest BCUT2D eigenvalue weighted by atomic mass is 9.85. The van der Waals surface area contributed by atoms with Crippen LogP contribution >= 0.6 is 0 Å². The number of allylic oxidation sites excluding steroid dienone is 2. The van der Waals surface area contributed by atoms with Crippen LogP contribution in [0.4, 0.5) is 5.69 Å². The highest BCUT2D eigenvalue weighted by Gasteiger charge is 2.51. The fourth-order valence-electron chi connectivity index (χ4n) is 5.12. The standard InChI is InChI=1S/C25H33N3O5S/c1-17(2)15-22(28-24(30)20-11-4-5-12-21(20)25(28)31)23(29)26-18-9-8-10-19(16-18)34(32,33)27-13-6-3-7-14-27/h4-5,8-10,16-17,20-22H,3,6-7,11-15H2,1-2H3,(H,26,29). The molecule has 2 fully saturated rings. The smallest absolute Gasteiger partial charge is 0.247 e. The average molecular weight is 488 g/mol. The third-order valence-electron chi connectivity index (χ3n) is 6.91. The van der Waals surface area contributed by atoms with Crippen LogP contribution in [-0.2, 0) is 24.4 Å². The van der Waals surface area contributed by atoms with Crippen molar-refractivity contribution < 1.29 is 22.8 Å². The van der Waals surface area contributed by atoms with E-state index >= 15 is 0 Å². The van der Waals surface area contributed by atoms with Crippen molar-refractivity contribution in [2.45, 2.75) is 63.3 Å². The molecule has 9 heteroatoms. The lowest BCUT2D eigenvalue weighted by molar-refractivity contribution is -0.147. The van der Waals surface area contributed by atoms with Gasteiger partial charge in [0, 0.05) is 18.8 Å². The van der Waals surface area contributed by atoms with Crippen molar-refractivity contribution in [1.82, 2.24) is 9.21 Å². The second kappa shape index (κ2) is 10.00. The lowest BCUT2D eigenvalue weighted by Crippen LogP contribution is -2.48. The first-order valence-electron chi connectivity index (χ1n) is 12.1. The summed E-state index contributed by atoms with van der Waals surface area (Å²) in [5, 5.41) is 2.78. The molecule has 3 aliphatic rings. The molecule has 1 aromatic rings. The Morgan fingerprint density at radius 1 is 1.03 bits per heavy atom. The first-order valence-corrected chi connectivity index (χ1v) is 13.6. The van der Waals surface area contributed by atoms with Gasteiger partial charge in [0.05, 0.1) is 16.7 Å². The predicted octanol–water partition coefficient (Wildman–Crippen LogP) is 3.17. The number of nitrogens with zero attached hydrogens (tertiary/aromatic N) is 2. The van der Waals surface area contributed by atoms with E-state index < -0.39 is 33.8 Å². The van der Waals surface area contributed by atoms with Crippen molar-refractivity contribution >= 4 is 33.4 Å². The number of nitrogens with one attached hydrogen (secondary N) is 1. The molecule has 3 unspecified atom stereocenters. The number of carbonyl (C=O) groups is 3. The number of rotatable bonds is 7. The van der Waals surface area contributed by atoms with Crippen molar-refractivity contribution in [1.29, 1.82) is 0 Å². The van der Waals surface area contributed by atoms with Crippen LogP contribution in [0.5, 0.6) is 0 Å². The van der Waals surface area contributed by atoms with Gasteiger partial charge in [0.2, 0.25) is 27.7 Å². The average Bonchev–Trinajstić information content (AvgIpc) is 3.08. The molecule has 1 aliphatic carbocycles. The summed E-state index contributed by atoms with van der Waals surface area (Å²) in [6.07, 6.45) is 7.89. The van der Waals surface area contributed by atoms with Gasteiger partial charge in [-0.25, -0.2) is 8.42 Å². The van der Waals surface area contributed by atoms with Gasteiger partial charge in [-0.1, -0.05) is 38.5 Å². The Morgan fingerprint density at radius 3 is 2.24 bits per heavy atom. The van der Waals surface area contributed by atoms with Crippen LogP contribution in [0.15, 0.2) is 41.3 Å². The van der Waals surface area contributed by atoms with Gasteiger partial charge < -0.3 is 5.32 Å². The van der Waals surface area contributed by atoms with Crippen LogP contribution in [0.25, 0.3) is 0 Å². The Labute approximate surface area is 201 Å². The molecule has 0 aromatic heterocycles. The highest BCUT2D eigenvalue weighted by molar-refractivity contribution is 7.89. The van der Waals surface area contributed by atoms with Gasteiger partial charge in [-0.3, -0.25) is 19.3 Å². The van der Waals surface area contributed by atoms with Crippen molar-refractivity contribution in [3.8, 4) is 0 Å². The topological polar surface area (TPSA) is 104 Å². The van der Waals surface area contributed by atoms with Gasteiger partial charge in [0.1, 0.15) is 6.04 Å². The van der Waals surface area contributed by atoms with E-state index in [2.05, 4.69) is 5.32 Å². The van der Waals surface area contributed by atoms with Gasteiger partial charge in [0.15, 0.2) is 0 Å². The van der Waals surface area contributed by atoms with Crippen molar-refractivity contribution in [3.63, 3.8) is 0 Å². The zero-order valence-corrected chi connectivity index (χ0v) is 20.6. The molecule has 0 bridgehead atoms. The largest absolute Gasteiger partial charge is 0.324 e. The molecule has 184 valence electrons. The Bertz CT molecular complexity index is 1070. The lowest BCUT2D eigenvalue weighted by Gasteiger charge is -2.28. The van der Waals surface area contributed by atoms with Crippen molar-refractivity contribution in [2.75, 3.05) is 18.4 Å². The van der Waals surface area contributed by atoms with Crippen LogP contribution in [-0.4, -0.2) is 54.5 Å². The molecule has 34 heavy (non-hydrogen) atoms. The van der Waals surface area contributed by atoms with Crippen molar-refractivity contribution in [2.24, 2.45) is 17.8 Å². The fourth-order valence-corrected chi connectivity index (χ4v) is 6.69. The SMILES string of the molecule is CC(C)CC(C(=O)Nc1cccc(S(=O)(=O)N2CCCCC2)c1)N1C(=O)C2CC=CCC2C1=O. The van der Waals surface area contributed by atoms with Crippen LogP contribution in [0.3, 0.4) is 0 Å². The zero-order valence-electron chi connectivity index (χ0n) is 19.8. The van der Waals surface area contributed by atoms with E-state index in [0.29, 0.717) is 38.0 Å². The monoisotopic (exact) mass is 487 g/mol. The number of likely N-dealkylation sites (tertiary alicyclic amines) is 1. The number of piperidine rings is 1. The Hall–Kier alpha value is -2.52. The molecule has 0 saturated carbocycles. The minimum atomic E-state index is -3.65. The number of imide groups is 1. The molecule has 2 heterocycles. The number of fused-ring (bicyclic) bond motifs is 1.